The summed E-state index contributed by atoms with van der Waals surface area (Å²) in [5.74, 6) is -14.0. The molecule has 0 aliphatic carbocycles. The van der Waals surface area contributed by atoms with Crippen LogP contribution in [-0.4, -0.2) is 252 Å². The van der Waals surface area contributed by atoms with E-state index in [4.69, 9.17) is 22.9 Å². The number of benzene rings is 1. The van der Waals surface area contributed by atoms with Crippen molar-refractivity contribution in [2.24, 2.45) is 33.8 Å². The lowest BCUT2D eigenvalue weighted by Gasteiger charge is -2.35. The molecule has 35 heteroatoms. The quantitative estimate of drug-likeness (QED) is 0.0173. The zero-order valence-electron chi connectivity index (χ0n) is 54.7. The number of carboxylic acids is 2. The monoisotopic (exact) mass is 1370 g/mol. The summed E-state index contributed by atoms with van der Waals surface area (Å²) in [6, 6.07) is -11.2. The van der Waals surface area contributed by atoms with E-state index in [2.05, 4.69) is 42.2 Å². The number of rotatable bonds is 35. The van der Waals surface area contributed by atoms with Crippen LogP contribution >= 0.6 is 11.8 Å². The number of phenolic OH excluding ortho intramolecular Hbond substituents is 1. The van der Waals surface area contributed by atoms with Crippen molar-refractivity contribution in [2.75, 3.05) is 44.7 Å². The Kier molecular flexibility index (Phi) is 29.9. The molecule has 4 aliphatic heterocycles. The highest BCUT2D eigenvalue weighted by Crippen LogP contribution is 2.30. The lowest BCUT2D eigenvalue weighted by Crippen LogP contribution is -2.62. The Balaban J connectivity index is 1.32. The van der Waals surface area contributed by atoms with Crippen molar-refractivity contribution in [3.8, 4) is 5.75 Å². The number of hydrogen-bond acceptors (Lipinski definition) is 19. The maximum absolute atomic E-state index is 15.0. The van der Waals surface area contributed by atoms with Gasteiger partial charge in [-0.05, 0) is 120 Å². The van der Waals surface area contributed by atoms with Crippen LogP contribution in [0.4, 0.5) is 0 Å². The van der Waals surface area contributed by atoms with Gasteiger partial charge in [-0.3, -0.25) is 67.3 Å². The van der Waals surface area contributed by atoms with Crippen LogP contribution in [0.1, 0.15) is 123 Å². The van der Waals surface area contributed by atoms with Gasteiger partial charge in [-0.1, -0.05) is 32.4 Å². The third-order valence-electron chi connectivity index (χ3n) is 17.5. The molecule has 5 rings (SSSR count). The van der Waals surface area contributed by atoms with Gasteiger partial charge in [0.15, 0.2) is 5.96 Å². The lowest BCUT2D eigenvalue weighted by molar-refractivity contribution is -0.151. The van der Waals surface area contributed by atoms with E-state index in [1.807, 2.05) is 6.26 Å². The molecular formula is C61H94N16O18S. The Bertz CT molecular complexity index is 3030. The lowest BCUT2D eigenvalue weighted by atomic mass is 9.97. The minimum atomic E-state index is -2.09. The zero-order chi connectivity index (χ0) is 71.2. The SMILES string of the molecule is CC[C@H](C)[C@H](NC(=O)[C@H](C)NC(=O)[C@@H](N)CCSC)C(=O)N[C@@H](CC(N)=O)C(=O)N[C@@H](CC(=O)O)C(=O)N[C@H](C(=O)N[C@@H](Cc1ccc(O)cc1)C(=O)N1CCC[C@H]1C(=O)N1CCC[C@H]1C(=O)N1CCC[C@H]1C(=O)N[C@@H](CCCN=C(N)N)C(=O)N1CCC[C@H]1C(=O)O)[C@@H](C)O. The van der Waals surface area contributed by atoms with Crippen LogP contribution < -0.4 is 60.2 Å². The van der Waals surface area contributed by atoms with E-state index >= 15 is 0 Å². The van der Waals surface area contributed by atoms with E-state index in [0.717, 1.165) is 6.92 Å². The van der Waals surface area contributed by atoms with Gasteiger partial charge < -0.3 is 100 Å². The fourth-order valence-electron chi connectivity index (χ4n) is 12.0. The number of aliphatic hydroxyl groups excluding tert-OH is 1. The summed E-state index contributed by atoms with van der Waals surface area (Å²) in [6.07, 6.45) is 0.742. The van der Waals surface area contributed by atoms with E-state index in [0.29, 0.717) is 37.0 Å². The Morgan fingerprint density at radius 3 is 1.62 bits per heavy atom. The number of aliphatic hydroxyl groups is 1. The Labute approximate surface area is 559 Å². The molecular weight excluding hydrogens is 1280 g/mol. The molecule has 4 heterocycles. The van der Waals surface area contributed by atoms with Crippen molar-refractivity contribution in [1.29, 1.82) is 0 Å². The largest absolute Gasteiger partial charge is 0.508 e. The minimum absolute atomic E-state index is 0.0150. The number of carbonyl (C=O) groups is 14. The van der Waals surface area contributed by atoms with Gasteiger partial charge in [0.1, 0.15) is 72.2 Å². The molecule has 34 nitrogen and oxygen atoms in total. The van der Waals surface area contributed by atoms with Crippen LogP contribution in [0.3, 0.4) is 0 Å². The molecule has 1 aromatic carbocycles. The molecule has 4 fully saturated rings. The van der Waals surface area contributed by atoms with Crippen molar-refractivity contribution in [3.63, 3.8) is 0 Å². The van der Waals surface area contributed by atoms with E-state index < -0.39 is 180 Å². The number of primary amides is 1. The maximum atomic E-state index is 15.0. The first-order valence-electron chi connectivity index (χ1n) is 32.2. The van der Waals surface area contributed by atoms with Crippen LogP contribution in [0, 0.1) is 5.92 Å². The minimum Gasteiger partial charge on any atom is -0.508 e. The number of thioether (sulfide) groups is 1. The molecule has 4 saturated heterocycles. The summed E-state index contributed by atoms with van der Waals surface area (Å²) in [5.41, 5.74) is 22.8. The molecule has 96 heavy (non-hydrogen) atoms. The summed E-state index contributed by atoms with van der Waals surface area (Å²) in [5, 5.41) is 58.0. The summed E-state index contributed by atoms with van der Waals surface area (Å²) >= 11 is 1.47. The first-order chi connectivity index (χ1) is 45.4. The number of amides is 12. The summed E-state index contributed by atoms with van der Waals surface area (Å²) in [6.45, 7) is 6.18. The summed E-state index contributed by atoms with van der Waals surface area (Å²) in [7, 11) is 0. The molecule has 0 aromatic heterocycles. The van der Waals surface area contributed by atoms with Gasteiger partial charge in [0.05, 0.1) is 25.0 Å². The van der Waals surface area contributed by atoms with Crippen LogP contribution in [-0.2, 0) is 73.5 Å². The highest BCUT2D eigenvalue weighted by molar-refractivity contribution is 7.98. The topological polar surface area (TPSA) is 534 Å². The molecule has 0 unspecified atom stereocenters. The fraction of sp³-hybridized carbons (Fsp3) is 0.656. The number of likely N-dealkylation sites (tertiary alicyclic amines) is 4. The number of hydrogen-bond donors (Lipinski definition) is 15. The summed E-state index contributed by atoms with van der Waals surface area (Å²) in [4.78, 5) is 201. The van der Waals surface area contributed by atoms with Crippen LogP contribution in [0.15, 0.2) is 29.3 Å². The van der Waals surface area contributed by atoms with E-state index in [1.165, 1.54) is 62.6 Å². The summed E-state index contributed by atoms with van der Waals surface area (Å²) < 4.78 is 0. The van der Waals surface area contributed by atoms with Gasteiger partial charge in [0.25, 0.3) is 0 Å². The zero-order valence-corrected chi connectivity index (χ0v) is 55.5. The predicted octanol–water partition coefficient (Wildman–Crippen LogP) is -4.69. The molecule has 4 aliphatic rings. The number of phenols is 1. The van der Waals surface area contributed by atoms with Gasteiger partial charge in [-0.15, -0.1) is 0 Å². The average molecular weight is 1370 g/mol. The number of guanidine groups is 1. The number of aliphatic imine (C=N–C) groups is 1. The fourth-order valence-corrected chi connectivity index (χ4v) is 12.5. The Morgan fingerprint density at radius 2 is 1.07 bits per heavy atom. The molecule has 14 atom stereocenters. The van der Waals surface area contributed by atoms with Crippen molar-refractivity contribution in [1.82, 2.24) is 56.8 Å². The van der Waals surface area contributed by atoms with E-state index in [1.54, 1.807) is 13.8 Å². The highest BCUT2D eigenvalue weighted by Gasteiger charge is 2.48. The standard InChI is InChI=1S/C61H94N16O18S/c1-6-31(2)47(72-49(83)32(3)67-50(84)36(62)21-27-96-5)54(88)70-38(29-45(63)80)51(85)69-39(30-46(81)82)52(86)73-48(33(4)78)55(89)71-40(28-34-17-19-35(79)20-18-34)57(91)75-24-9-14-42(75)59(93)76-25-10-15-43(76)58(92)74-23-8-13-41(74)53(87)68-37(12-7-22-66-61(64)65)56(90)77-26-11-16-44(77)60(94)95/h17-20,31-33,36-44,47-48,78-79H,6-16,21-30,62H2,1-5H3,(H2,63,80)(H,67,84)(H,68,87)(H,69,85)(H,70,88)(H,71,89)(H,72,83)(H,73,86)(H,81,82)(H,94,95)(H4,64,65,66)/t31-,32-,33+,36-,37-,38-,39-,40-,41-,42-,43-,44-,47-,48-/m0/s1. The van der Waals surface area contributed by atoms with Gasteiger partial charge in [-0.2, -0.15) is 11.8 Å². The number of carboxylic acid groups (broad SMARTS) is 2. The number of nitrogens with one attached hydrogen (secondary N) is 7. The molecule has 532 valence electrons. The number of aliphatic carboxylic acids is 2. The number of nitrogens with two attached hydrogens (primary N) is 4. The molecule has 0 saturated carbocycles. The second-order valence-electron chi connectivity index (χ2n) is 24.6. The molecule has 12 amide bonds. The molecule has 0 bridgehead atoms. The van der Waals surface area contributed by atoms with Crippen molar-refractivity contribution in [3.05, 3.63) is 29.8 Å². The highest BCUT2D eigenvalue weighted by atomic mass is 32.2. The third-order valence-corrected chi connectivity index (χ3v) is 18.1. The Morgan fingerprint density at radius 1 is 0.583 bits per heavy atom. The van der Waals surface area contributed by atoms with Gasteiger partial charge >= 0.3 is 11.9 Å². The second kappa shape index (κ2) is 36.9. The number of carbonyl (C=O) groups excluding carboxylic acids is 12. The first-order valence-corrected chi connectivity index (χ1v) is 33.6. The van der Waals surface area contributed by atoms with Crippen molar-refractivity contribution in [2.45, 2.75) is 203 Å². The first kappa shape index (κ1) is 77.8. The molecule has 0 radical (unpaired) electrons. The van der Waals surface area contributed by atoms with E-state index in [-0.39, 0.29) is 102 Å². The normalized spacial score (nSPS) is 20.7. The van der Waals surface area contributed by atoms with Gasteiger partial charge in [0, 0.05) is 39.1 Å². The van der Waals surface area contributed by atoms with Crippen molar-refractivity contribution >= 4 is 101 Å². The molecule has 1 aromatic rings. The number of nitrogens with zero attached hydrogens (tertiary/aromatic N) is 5. The van der Waals surface area contributed by atoms with E-state index in [9.17, 15) is 87.5 Å². The van der Waals surface area contributed by atoms with Crippen LogP contribution in [0.2, 0.25) is 0 Å². The van der Waals surface area contributed by atoms with Crippen LogP contribution in [0.5, 0.6) is 5.75 Å². The average Bonchev–Trinajstić information content (AvgIpc) is 1.61. The van der Waals surface area contributed by atoms with Crippen molar-refractivity contribution < 1.29 is 87.5 Å². The smallest absolute Gasteiger partial charge is 0.326 e. The predicted molar refractivity (Wildman–Crippen MR) is 346 cm³/mol. The van der Waals surface area contributed by atoms with Gasteiger partial charge in [0.2, 0.25) is 70.9 Å². The molecule has 0 spiro atoms. The number of aromatic hydroxyl groups is 1. The Hall–Kier alpha value is -8.86. The molecule has 19 N–H and O–H groups in total. The third kappa shape index (κ3) is 21.8. The van der Waals surface area contributed by atoms with Crippen LogP contribution in [0.25, 0.3) is 0 Å². The second-order valence-corrected chi connectivity index (χ2v) is 25.6. The van der Waals surface area contributed by atoms with Gasteiger partial charge in [-0.25, -0.2) is 4.79 Å². The maximum Gasteiger partial charge on any atom is 0.326 e.